The molecule has 126 valence electrons. The van der Waals surface area contributed by atoms with Crippen molar-refractivity contribution < 1.29 is 9.84 Å². The Labute approximate surface area is 148 Å². The van der Waals surface area contributed by atoms with Gasteiger partial charge in [-0.3, -0.25) is 5.01 Å². The summed E-state index contributed by atoms with van der Waals surface area (Å²) in [5.74, 6) is 1.56. The molecule has 1 aromatic heterocycles. The molecule has 2 aromatic rings. The second-order valence-corrected chi connectivity index (χ2v) is 8.63. The molecule has 0 radical (unpaired) electrons. The Morgan fingerprint density at radius 2 is 2.04 bits per heavy atom. The number of thioether (sulfide) groups is 2. The minimum atomic E-state index is -0.105. The summed E-state index contributed by atoms with van der Waals surface area (Å²) >= 11 is 3.36. The third-order valence-electron chi connectivity index (χ3n) is 3.93. The zero-order chi connectivity index (χ0) is 17.1. The highest BCUT2D eigenvalue weighted by molar-refractivity contribution is 8.07. The van der Waals surface area contributed by atoms with Crippen LogP contribution >= 0.6 is 23.5 Å². The van der Waals surface area contributed by atoms with Crippen LogP contribution in [0.2, 0.25) is 0 Å². The number of rotatable bonds is 2. The molecule has 1 N–H and O–H groups in total. The van der Waals surface area contributed by atoms with Gasteiger partial charge in [0.25, 0.3) is 0 Å². The highest BCUT2D eigenvalue weighted by atomic mass is 32.2. The van der Waals surface area contributed by atoms with Gasteiger partial charge in [0.15, 0.2) is 17.3 Å². The lowest BCUT2D eigenvalue weighted by Crippen LogP contribution is -2.34. The summed E-state index contributed by atoms with van der Waals surface area (Å²) in [5.41, 5.74) is 0.953. The van der Waals surface area contributed by atoms with Crippen molar-refractivity contribution in [1.29, 1.82) is 0 Å². The number of hydrogen-bond donors (Lipinski definition) is 1. The van der Waals surface area contributed by atoms with Gasteiger partial charge in [-0.1, -0.05) is 38.6 Å². The predicted octanol–water partition coefficient (Wildman–Crippen LogP) is 3.58. The van der Waals surface area contributed by atoms with Gasteiger partial charge in [0, 0.05) is 10.8 Å². The van der Waals surface area contributed by atoms with Gasteiger partial charge >= 0.3 is 0 Å². The molecule has 0 amide bonds. The molecular formula is C16H18N4O2S2. The van der Waals surface area contributed by atoms with Gasteiger partial charge in [0.2, 0.25) is 5.16 Å². The third kappa shape index (κ3) is 2.28. The molecule has 0 spiro atoms. The minimum Gasteiger partial charge on any atom is -0.504 e. The zero-order valence-electron chi connectivity index (χ0n) is 13.8. The highest BCUT2D eigenvalue weighted by Crippen LogP contribution is 2.52. The van der Waals surface area contributed by atoms with Gasteiger partial charge in [-0.2, -0.15) is 0 Å². The molecule has 24 heavy (non-hydrogen) atoms. The van der Waals surface area contributed by atoms with Crippen LogP contribution in [-0.2, 0) is 5.41 Å². The molecule has 4 rings (SSSR count). The summed E-state index contributed by atoms with van der Waals surface area (Å²) in [6.45, 7) is 6.41. The van der Waals surface area contributed by atoms with Crippen molar-refractivity contribution in [2.45, 2.75) is 36.7 Å². The van der Waals surface area contributed by atoms with Crippen molar-refractivity contribution in [2.24, 2.45) is 0 Å². The second-order valence-electron chi connectivity index (χ2n) is 6.69. The van der Waals surface area contributed by atoms with Crippen LogP contribution in [-0.4, -0.2) is 27.1 Å². The first-order valence-corrected chi connectivity index (χ1v) is 9.32. The Morgan fingerprint density at radius 1 is 1.25 bits per heavy atom. The van der Waals surface area contributed by atoms with E-state index in [1.54, 1.807) is 36.7 Å². The number of aromatic hydroxyl groups is 1. The molecule has 8 heteroatoms. The normalized spacial score (nSPS) is 19.2. The molecule has 0 fully saturated rings. The second kappa shape index (κ2) is 5.35. The van der Waals surface area contributed by atoms with E-state index < -0.39 is 0 Å². The van der Waals surface area contributed by atoms with Crippen LogP contribution in [0.3, 0.4) is 0 Å². The van der Waals surface area contributed by atoms with Crippen LogP contribution in [0, 0.1) is 0 Å². The number of aromatic nitrogens is 3. The lowest BCUT2D eigenvalue weighted by molar-refractivity contribution is 0.372. The smallest absolute Gasteiger partial charge is 0.216 e. The summed E-state index contributed by atoms with van der Waals surface area (Å²) in [6, 6.07) is 5.48. The summed E-state index contributed by atoms with van der Waals surface area (Å²) in [4.78, 5) is 0. The van der Waals surface area contributed by atoms with Crippen LogP contribution in [0.15, 0.2) is 33.8 Å². The lowest BCUT2D eigenvalue weighted by atomic mass is 9.96. The number of hydrogen-bond acceptors (Lipinski definition) is 7. The van der Waals surface area contributed by atoms with Crippen LogP contribution in [0.25, 0.3) is 0 Å². The van der Waals surface area contributed by atoms with E-state index in [0.29, 0.717) is 5.75 Å². The predicted molar refractivity (Wildman–Crippen MR) is 95.9 cm³/mol. The fourth-order valence-electron chi connectivity index (χ4n) is 2.78. The molecule has 0 saturated heterocycles. The Kier molecular flexibility index (Phi) is 3.50. The molecule has 3 heterocycles. The standard InChI is InChI=1S/C16H18N4O2S2/c1-16(2,3)14-17-18-15-20(14)19-12(24-15)8-23-13(19)9-5-6-10(21)11(7-9)22-4/h5-8,13,21H,1-4H3. The first kappa shape index (κ1) is 15.7. The fraction of sp³-hybridized carbons (Fsp3) is 0.375. The first-order chi connectivity index (χ1) is 11.4. The van der Waals surface area contributed by atoms with Crippen molar-refractivity contribution in [3.05, 3.63) is 40.0 Å². The van der Waals surface area contributed by atoms with Gasteiger partial charge < -0.3 is 9.84 Å². The Morgan fingerprint density at radius 3 is 2.75 bits per heavy atom. The lowest BCUT2D eigenvalue weighted by Gasteiger charge is -2.29. The van der Waals surface area contributed by atoms with Crippen molar-refractivity contribution in [2.75, 3.05) is 12.1 Å². The van der Waals surface area contributed by atoms with E-state index in [0.717, 1.165) is 21.6 Å². The maximum absolute atomic E-state index is 9.85. The van der Waals surface area contributed by atoms with Gasteiger partial charge in [-0.25, -0.2) is 4.68 Å². The number of nitrogens with zero attached hydrogens (tertiary/aromatic N) is 4. The summed E-state index contributed by atoms with van der Waals surface area (Å²) in [6.07, 6.45) is 0. The van der Waals surface area contributed by atoms with E-state index in [-0.39, 0.29) is 16.5 Å². The average molecular weight is 362 g/mol. The van der Waals surface area contributed by atoms with Crippen molar-refractivity contribution >= 4 is 23.5 Å². The van der Waals surface area contributed by atoms with Crippen LogP contribution in [0.5, 0.6) is 11.5 Å². The highest BCUT2D eigenvalue weighted by Gasteiger charge is 2.41. The molecule has 6 nitrogen and oxygen atoms in total. The maximum Gasteiger partial charge on any atom is 0.216 e. The number of benzene rings is 1. The number of ether oxygens (including phenoxy) is 1. The molecule has 1 atom stereocenters. The molecule has 1 aromatic carbocycles. The molecule has 2 aliphatic heterocycles. The molecule has 0 aliphatic carbocycles. The van der Waals surface area contributed by atoms with Crippen molar-refractivity contribution in [3.8, 4) is 11.5 Å². The molecule has 2 aliphatic rings. The number of methoxy groups -OCH3 is 1. The zero-order valence-corrected chi connectivity index (χ0v) is 15.5. The van der Waals surface area contributed by atoms with Crippen LogP contribution in [0.4, 0.5) is 0 Å². The van der Waals surface area contributed by atoms with Crippen molar-refractivity contribution in [1.82, 2.24) is 14.9 Å². The van der Waals surface area contributed by atoms with Gasteiger partial charge in [0.1, 0.15) is 10.4 Å². The maximum atomic E-state index is 9.85. The fourth-order valence-corrected chi connectivity index (χ4v) is 4.99. The molecule has 1 unspecified atom stereocenters. The first-order valence-electron chi connectivity index (χ1n) is 7.56. The number of fused-ring (bicyclic) bond motifs is 3. The summed E-state index contributed by atoms with van der Waals surface area (Å²) in [5, 5.41) is 25.0. The SMILES string of the molecule is COc1cc(C2SC=C3Sc4nnc(C(C)(C)C)n4N32)ccc1O. The number of phenolic OH excluding ortho intramolecular Hbond substituents is 1. The minimum absolute atomic E-state index is 0.0559. The van der Waals surface area contributed by atoms with E-state index in [1.165, 1.54) is 0 Å². The van der Waals surface area contributed by atoms with Gasteiger partial charge in [-0.05, 0) is 29.5 Å². The van der Waals surface area contributed by atoms with E-state index in [9.17, 15) is 5.11 Å². The quantitative estimate of drug-likeness (QED) is 0.876. The third-order valence-corrected chi connectivity index (χ3v) is 6.12. The Bertz CT molecular complexity index is 841. The Balaban J connectivity index is 1.78. The van der Waals surface area contributed by atoms with Crippen molar-refractivity contribution in [3.63, 3.8) is 0 Å². The van der Waals surface area contributed by atoms with Gasteiger partial charge in [0.05, 0.1) is 7.11 Å². The van der Waals surface area contributed by atoms with E-state index in [1.807, 2.05) is 12.1 Å². The van der Waals surface area contributed by atoms with Gasteiger partial charge in [-0.15, -0.1) is 10.2 Å². The summed E-state index contributed by atoms with van der Waals surface area (Å²) in [7, 11) is 1.56. The number of phenols is 1. The molecule has 0 bridgehead atoms. The van der Waals surface area contributed by atoms with E-state index in [2.05, 4.69) is 46.1 Å². The molecular weight excluding hydrogens is 344 g/mol. The Hall–Kier alpha value is -1.80. The molecule has 0 saturated carbocycles. The van der Waals surface area contributed by atoms with E-state index in [4.69, 9.17) is 4.74 Å². The van der Waals surface area contributed by atoms with Crippen LogP contribution in [0.1, 0.15) is 37.5 Å². The largest absolute Gasteiger partial charge is 0.504 e. The monoisotopic (exact) mass is 362 g/mol. The van der Waals surface area contributed by atoms with Crippen LogP contribution < -0.4 is 9.75 Å². The van der Waals surface area contributed by atoms with E-state index >= 15 is 0 Å². The topological polar surface area (TPSA) is 63.4 Å². The summed E-state index contributed by atoms with van der Waals surface area (Å²) < 4.78 is 7.37. The average Bonchev–Trinajstić information content (AvgIpc) is 3.17.